The molecule has 0 atom stereocenters. The van der Waals surface area contributed by atoms with Gasteiger partial charge in [-0.15, -0.1) is 0 Å². The topological polar surface area (TPSA) is 60.7 Å². The van der Waals surface area contributed by atoms with Crippen LogP contribution in [0.3, 0.4) is 0 Å². The number of hydrogen-bond acceptors (Lipinski definition) is 3. The highest BCUT2D eigenvalue weighted by molar-refractivity contribution is 9.10. The van der Waals surface area contributed by atoms with E-state index in [2.05, 4.69) is 30.6 Å². The molecule has 0 saturated heterocycles. The van der Waals surface area contributed by atoms with Crippen LogP contribution in [-0.2, 0) is 0 Å². The number of hydrogen-bond donors (Lipinski definition) is 3. The van der Waals surface area contributed by atoms with Crippen molar-refractivity contribution in [1.82, 2.24) is 9.97 Å². The highest BCUT2D eigenvalue weighted by Gasteiger charge is 2.00. The van der Waals surface area contributed by atoms with Gasteiger partial charge in [-0.05, 0) is 54.4 Å². The summed E-state index contributed by atoms with van der Waals surface area (Å²) in [5.41, 5.74) is 2.36. The summed E-state index contributed by atoms with van der Waals surface area (Å²) in [7, 11) is 0. The van der Waals surface area contributed by atoms with Crippen molar-refractivity contribution in [2.24, 2.45) is 0 Å². The predicted octanol–water partition coefficient (Wildman–Crippen LogP) is 3.74. The van der Waals surface area contributed by atoms with Crippen molar-refractivity contribution in [2.75, 3.05) is 4.72 Å². The maximum absolute atomic E-state index is 11.2. The van der Waals surface area contributed by atoms with E-state index >= 15 is 0 Å². The molecule has 3 rings (SSSR count). The molecule has 3 aromatic rings. The molecule has 1 heterocycles. The van der Waals surface area contributed by atoms with Crippen LogP contribution >= 0.6 is 27.9 Å². The van der Waals surface area contributed by atoms with Crippen molar-refractivity contribution in [3.05, 3.63) is 57.4 Å². The summed E-state index contributed by atoms with van der Waals surface area (Å²) in [4.78, 5) is 17.7. The molecule has 0 amide bonds. The highest BCUT2D eigenvalue weighted by atomic mass is 79.9. The normalized spacial score (nSPS) is 10.8. The first-order valence-electron chi connectivity index (χ1n) is 5.61. The van der Waals surface area contributed by atoms with Gasteiger partial charge in [0.1, 0.15) is 0 Å². The minimum Gasteiger partial charge on any atom is -0.326 e. The SMILES string of the molecule is O=c1[nH]c2ccc(NSc3ccc(Br)cc3)cc2[nH]1. The number of rotatable bonds is 3. The van der Waals surface area contributed by atoms with Gasteiger partial charge in [0.2, 0.25) is 0 Å². The third-order valence-corrected chi connectivity index (χ3v) is 3.99. The quantitative estimate of drug-likeness (QED) is 0.639. The second kappa shape index (κ2) is 5.14. The van der Waals surface area contributed by atoms with Crippen LogP contribution in [-0.4, -0.2) is 9.97 Å². The van der Waals surface area contributed by atoms with E-state index in [1.165, 1.54) is 11.9 Å². The first-order chi connectivity index (χ1) is 9.20. The standard InChI is InChI=1S/C13H10BrN3OS/c14-8-1-4-10(5-2-8)19-17-9-3-6-11-12(7-9)16-13(18)15-11/h1-7,17H,(H2,15,16,18). The molecule has 2 aromatic carbocycles. The van der Waals surface area contributed by atoms with E-state index in [0.717, 1.165) is 26.1 Å². The maximum atomic E-state index is 11.2. The summed E-state index contributed by atoms with van der Waals surface area (Å²) in [6.07, 6.45) is 0. The van der Waals surface area contributed by atoms with E-state index in [1.54, 1.807) is 0 Å². The fourth-order valence-electron chi connectivity index (χ4n) is 1.72. The van der Waals surface area contributed by atoms with Crippen LogP contribution in [0.1, 0.15) is 0 Å². The van der Waals surface area contributed by atoms with Crippen LogP contribution in [0.5, 0.6) is 0 Å². The lowest BCUT2D eigenvalue weighted by atomic mass is 10.3. The molecule has 0 aliphatic carbocycles. The first-order valence-corrected chi connectivity index (χ1v) is 7.22. The second-order valence-corrected chi connectivity index (χ2v) is 5.79. The van der Waals surface area contributed by atoms with Gasteiger partial charge in [-0.25, -0.2) is 4.79 Å². The van der Waals surface area contributed by atoms with Crippen LogP contribution < -0.4 is 10.4 Å². The Morgan fingerprint density at radius 3 is 2.53 bits per heavy atom. The van der Waals surface area contributed by atoms with Gasteiger partial charge in [-0.2, -0.15) is 0 Å². The van der Waals surface area contributed by atoms with Crippen LogP contribution in [0.25, 0.3) is 11.0 Å². The molecule has 1 aromatic heterocycles. The molecule has 96 valence electrons. The fourth-order valence-corrected chi connectivity index (χ4v) is 2.62. The summed E-state index contributed by atoms with van der Waals surface area (Å²) in [6, 6.07) is 13.7. The lowest BCUT2D eigenvalue weighted by Crippen LogP contribution is -1.99. The molecule has 4 nitrogen and oxygen atoms in total. The number of H-pyrrole nitrogens is 2. The van der Waals surface area contributed by atoms with Gasteiger partial charge < -0.3 is 14.7 Å². The van der Waals surface area contributed by atoms with Crippen LogP contribution in [0.15, 0.2) is 56.6 Å². The van der Waals surface area contributed by atoms with Gasteiger partial charge in [0.05, 0.1) is 11.0 Å². The zero-order chi connectivity index (χ0) is 13.2. The molecule has 0 fully saturated rings. The highest BCUT2D eigenvalue weighted by Crippen LogP contribution is 2.24. The molecule has 19 heavy (non-hydrogen) atoms. The second-order valence-electron chi connectivity index (χ2n) is 4.00. The number of nitrogens with one attached hydrogen (secondary N) is 3. The number of halogens is 1. The Bertz CT molecular complexity index is 763. The molecule has 3 N–H and O–H groups in total. The average Bonchev–Trinajstić information content (AvgIpc) is 2.77. The van der Waals surface area contributed by atoms with Crippen LogP contribution in [0, 0.1) is 0 Å². The Balaban J connectivity index is 1.77. The van der Waals surface area contributed by atoms with Crippen LogP contribution in [0.4, 0.5) is 5.69 Å². The number of anilines is 1. The van der Waals surface area contributed by atoms with E-state index in [0.29, 0.717) is 0 Å². The Hall–Kier alpha value is -1.66. The first kappa shape index (κ1) is 12.4. The molecule has 0 spiro atoms. The molecule has 0 bridgehead atoms. The number of benzene rings is 2. The Labute approximate surface area is 121 Å². The lowest BCUT2D eigenvalue weighted by molar-refractivity contribution is 1.22. The Morgan fingerprint density at radius 2 is 1.74 bits per heavy atom. The van der Waals surface area contributed by atoms with E-state index < -0.39 is 0 Å². The van der Waals surface area contributed by atoms with Gasteiger partial charge in [0.25, 0.3) is 0 Å². The molecule has 0 unspecified atom stereocenters. The van der Waals surface area contributed by atoms with Gasteiger partial charge >= 0.3 is 5.69 Å². The summed E-state index contributed by atoms with van der Waals surface area (Å²) in [6.45, 7) is 0. The molecule has 6 heteroatoms. The number of imidazole rings is 1. The number of aromatic nitrogens is 2. The Morgan fingerprint density at radius 1 is 1.00 bits per heavy atom. The fraction of sp³-hybridized carbons (Fsp3) is 0. The minimum atomic E-state index is -0.187. The van der Waals surface area contributed by atoms with Gasteiger partial charge in [-0.3, -0.25) is 0 Å². The lowest BCUT2D eigenvalue weighted by Gasteiger charge is -2.05. The third kappa shape index (κ3) is 2.85. The molecule has 0 radical (unpaired) electrons. The summed E-state index contributed by atoms with van der Waals surface area (Å²) in [5, 5.41) is 0. The third-order valence-electron chi connectivity index (χ3n) is 2.62. The Kier molecular flexibility index (Phi) is 3.35. The average molecular weight is 336 g/mol. The van der Waals surface area contributed by atoms with Crippen molar-refractivity contribution in [3.8, 4) is 0 Å². The van der Waals surface area contributed by atoms with E-state index in [4.69, 9.17) is 0 Å². The largest absolute Gasteiger partial charge is 0.326 e. The zero-order valence-electron chi connectivity index (χ0n) is 9.74. The van der Waals surface area contributed by atoms with E-state index in [1.807, 2.05) is 42.5 Å². The van der Waals surface area contributed by atoms with Crippen molar-refractivity contribution in [3.63, 3.8) is 0 Å². The summed E-state index contributed by atoms with van der Waals surface area (Å²) >= 11 is 4.93. The van der Waals surface area contributed by atoms with Crippen molar-refractivity contribution >= 4 is 44.6 Å². The summed E-state index contributed by atoms with van der Waals surface area (Å²) < 4.78 is 4.31. The van der Waals surface area contributed by atoms with Crippen molar-refractivity contribution < 1.29 is 0 Å². The van der Waals surface area contributed by atoms with Gasteiger partial charge in [-0.1, -0.05) is 15.9 Å². The number of aromatic amines is 2. The maximum Gasteiger partial charge on any atom is 0.323 e. The molecule has 0 saturated carbocycles. The van der Waals surface area contributed by atoms with E-state index in [-0.39, 0.29) is 5.69 Å². The molecule has 0 aliphatic rings. The number of fused-ring (bicyclic) bond motifs is 1. The summed E-state index contributed by atoms with van der Waals surface area (Å²) in [5.74, 6) is 0. The van der Waals surface area contributed by atoms with Crippen LogP contribution in [0.2, 0.25) is 0 Å². The molecular formula is C13H10BrN3OS. The van der Waals surface area contributed by atoms with Gasteiger partial charge in [0.15, 0.2) is 0 Å². The molecule has 0 aliphatic heterocycles. The monoisotopic (exact) mass is 335 g/mol. The van der Waals surface area contributed by atoms with Crippen molar-refractivity contribution in [2.45, 2.75) is 4.90 Å². The smallest absolute Gasteiger partial charge is 0.323 e. The van der Waals surface area contributed by atoms with E-state index in [9.17, 15) is 4.79 Å². The molecular weight excluding hydrogens is 326 g/mol. The predicted molar refractivity (Wildman–Crippen MR) is 82.5 cm³/mol. The zero-order valence-corrected chi connectivity index (χ0v) is 12.1. The van der Waals surface area contributed by atoms with Gasteiger partial charge in [0, 0.05) is 15.1 Å². The van der Waals surface area contributed by atoms with Crippen molar-refractivity contribution in [1.29, 1.82) is 0 Å². The minimum absolute atomic E-state index is 0.187.